The van der Waals surface area contributed by atoms with E-state index < -0.39 is 28.5 Å². The largest absolute Gasteiger partial charge is 0.354 e. The molecule has 7 nitrogen and oxygen atoms in total. The van der Waals surface area contributed by atoms with Crippen LogP contribution in [0.1, 0.15) is 49.8 Å². The van der Waals surface area contributed by atoms with E-state index >= 15 is 0 Å². The first kappa shape index (κ1) is 28.7. The summed E-state index contributed by atoms with van der Waals surface area (Å²) in [6.45, 7) is 7.89. The van der Waals surface area contributed by atoms with Gasteiger partial charge in [-0.1, -0.05) is 61.7 Å². The SMILES string of the molecule is CCCCNC(=O)[C@@H](CC)N(Cc1ccc(C)cc1)C(=O)CN(c1ccc(Cl)cc1C)S(C)(=O)=O. The van der Waals surface area contributed by atoms with Crippen molar-refractivity contribution in [1.29, 1.82) is 0 Å². The Balaban J connectivity index is 2.42. The topological polar surface area (TPSA) is 86.8 Å². The van der Waals surface area contributed by atoms with Crippen LogP contribution in [0.3, 0.4) is 0 Å². The summed E-state index contributed by atoms with van der Waals surface area (Å²) in [4.78, 5) is 28.2. The maximum Gasteiger partial charge on any atom is 0.244 e. The zero-order valence-electron chi connectivity index (χ0n) is 21.2. The molecule has 1 atom stereocenters. The third kappa shape index (κ3) is 8.25. The molecule has 0 bridgehead atoms. The Hall–Kier alpha value is -2.58. The molecule has 0 aromatic heterocycles. The van der Waals surface area contributed by atoms with Crippen LogP contribution in [0, 0.1) is 13.8 Å². The molecule has 2 amide bonds. The molecule has 2 aromatic carbocycles. The van der Waals surface area contributed by atoms with Gasteiger partial charge in [0.15, 0.2) is 0 Å². The van der Waals surface area contributed by atoms with Crippen LogP contribution in [-0.2, 0) is 26.2 Å². The minimum absolute atomic E-state index is 0.190. The molecule has 0 heterocycles. The number of nitrogens with zero attached hydrogens (tertiary/aromatic N) is 2. The van der Waals surface area contributed by atoms with Gasteiger partial charge in [0.2, 0.25) is 21.8 Å². The molecule has 2 rings (SSSR count). The van der Waals surface area contributed by atoms with E-state index in [0.29, 0.717) is 29.2 Å². The molecule has 0 aliphatic heterocycles. The van der Waals surface area contributed by atoms with Crippen LogP contribution in [-0.4, -0.2) is 50.5 Å². The quantitative estimate of drug-likeness (QED) is 0.418. The van der Waals surface area contributed by atoms with E-state index in [1.54, 1.807) is 25.1 Å². The van der Waals surface area contributed by atoms with Crippen molar-refractivity contribution in [3.05, 3.63) is 64.2 Å². The van der Waals surface area contributed by atoms with Crippen molar-refractivity contribution in [3.8, 4) is 0 Å². The molecule has 0 aliphatic carbocycles. The Morgan fingerprint density at radius 3 is 2.26 bits per heavy atom. The number of carbonyl (C=O) groups is 2. The number of nitrogens with one attached hydrogen (secondary N) is 1. The predicted molar refractivity (Wildman–Crippen MR) is 142 cm³/mol. The molecule has 0 spiro atoms. The lowest BCUT2D eigenvalue weighted by atomic mass is 10.1. The fourth-order valence-electron chi connectivity index (χ4n) is 3.81. The maximum absolute atomic E-state index is 13.7. The average molecular weight is 522 g/mol. The molecular formula is C26H36ClN3O4S. The molecule has 1 N–H and O–H groups in total. The van der Waals surface area contributed by atoms with Gasteiger partial charge in [0, 0.05) is 18.1 Å². The van der Waals surface area contributed by atoms with Crippen molar-refractivity contribution in [1.82, 2.24) is 10.2 Å². The van der Waals surface area contributed by atoms with Crippen LogP contribution in [0.2, 0.25) is 5.02 Å². The highest BCUT2D eigenvalue weighted by molar-refractivity contribution is 7.92. The lowest BCUT2D eigenvalue weighted by Gasteiger charge is -2.33. The van der Waals surface area contributed by atoms with Gasteiger partial charge < -0.3 is 10.2 Å². The van der Waals surface area contributed by atoms with Gasteiger partial charge in [-0.05, 0) is 56.0 Å². The molecule has 0 saturated carbocycles. The number of carbonyl (C=O) groups excluding carboxylic acids is 2. The highest BCUT2D eigenvalue weighted by atomic mass is 35.5. The second-order valence-electron chi connectivity index (χ2n) is 8.78. The number of amides is 2. The van der Waals surface area contributed by atoms with E-state index in [1.165, 1.54) is 4.90 Å². The lowest BCUT2D eigenvalue weighted by molar-refractivity contribution is -0.140. The number of aryl methyl sites for hydroxylation is 2. The number of rotatable bonds is 12. The van der Waals surface area contributed by atoms with Crippen LogP contribution in [0.15, 0.2) is 42.5 Å². The monoisotopic (exact) mass is 521 g/mol. The summed E-state index contributed by atoms with van der Waals surface area (Å²) in [6.07, 6.45) is 3.24. The minimum Gasteiger partial charge on any atom is -0.354 e. The third-order valence-electron chi connectivity index (χ3n) is 5.80. The molecule has 9 heteroatoms. The van der Waals surface area contributed by atoms with E-state index in [-0.39, 0.29) is 12.5 Å². The lowest BCUT2D eigenvalue weighted by Crippen LogP contribution is -2.52. The fraction of sp³-hybridized carbons (Fsp3) is 0.462. The van der Waals surface area contributed by atoms with Gasteiger partial charge in [0.25, 0.3) is 0 Å². The Morgan fingerprint density at radius 2 is 1.71 bits per heavy atom. The molecule has 0 saturated heterocycles. The number of hydrogen-bond donors (Lipinski definition) is 1. The van der Waals surface area contributed by atoms with Crippen LogP contribution in [0.4, 0.5) is 5.69 Å². The molecule has 0 unspecified atom stereocenters. The maximum atomic E-state index is 13.7. The number of halogens is 1. The van der Waals surface area contributed by atoms with Crippen LogP contribution in [0.5, 0.6) is 0 Å². The number of anilines is 1. The molecule has 0 aliphatic rings. The van der Waals surface area contributed by atoms with Gasteiger partial charge in [-0.2, -0.15) is 0 Å². The van der Waals surface area contributed by atoms with Crippen molar-refractivity contribution in [2.24, 2.45) is 0 Å². The number of sulfonamides is 1. The standard InChI is InChI=1S/C26H36ClN3O4S/c1-6-8-15-28-26(32)23(7-2)29(17-21-11-9-19(3)10-12-21)25(31)18-30(35(5,33)34)24-14-13-22(27)16-20(24)4/h9-14,16,23H,6-8,15,17-18H2,1-5H3,(H,28,32)/t23-/m1/s1. The summed E-state index contributed by atoms with van der Waals surface area (Å²) in [5, 5.41) is 3.39. The van der Waals surface area contributed by atoms with Gasteiger partial charge in [-0.3, -0.25) is 13.9 Å². The summed E-state index contributed by atoms with van der Waals surface area (Å²) < 4.78 is 26.5. The fourth-order valence-corrected chi connectivity index (χ4v) is 4.94. The zero-order chi connectivity index (χ0) is 26.2. The van der Waals surface area contributed by atoms with Gasteiger partial charge in [0.05, 0.1) is 11.9 Å². The smallest absolute Gasteiger partial charge is 0.244 e. The van der Waals surface area contributed by atoms with Crippen molar-refractivity contribution in [2.75, 3.05) is 23.7 Å². The van der Waals surface area contributed by atoms with Crippen molar-refractivity contribution in [3.63, 3.8) is 0 Å². The third-order valence-corrected chi connectivity index (χ3v) is 7.16. The highest BCUT2D eigenvalue weighted by Crippen LogP contribution is 2.26. The van der Waals surface area contributed by atoms with Crippen LogP contribution >= 0.6 is 11.6 Å². The minimum atomic E-state index is -3.79. The van der Waals surface area contributed by atoms with Crippen LogP contribution < -0.4 is 9.62 Å². The molecule has 0 fully saturated rings. The van der Waals surface area contributed by atoms with Gasteiger partial charge in [0.1, 0.15) is 12.6 Å². The number of benzene rings is 2. The van der Waals surface area contributed by atoms with Crippen molar-refractivity contribution < 1.29 is 18.0 Å². The second kappa shape index (κ2) is 12.9. The molecule has 2 aromatic rings. The summed E-state index contributed by atoms with van der Waals surface area (Å²) >= 11 is 6.05. The Bertz CT molecular complexity index is 1120. The van der Waals surface area contributed by atoms with E-state index in [9.17, 15) is 18.0 Å². The second-order valence-corrected chi connectivity index (χ2v) is 11.1. The summed E-state index contributed by atoms with van der Waals surface area (Å²) in [5.74, 6) is -0.696. The van der Waals surface area contributed by atoms with Gasteiger partial charge in [-0.25, -0.2) is 8.42 Å². The van der Waals surface area contributed by atoms with E-state index in [0.717, 1.165) is 34.5 Å². The first-order chi connectivity index (χ1) is 16.5. The van der Waals surface area contributed by atoms with Gasteiger partial charge in [-0.15, -0.1) is 0 Å². The molecule has 192 valence electrons. The molecule has 35 heavy (non-hydrogen) atoms. The van der Waals surface area contributed by atoms with Gasteiger partial charge >= 0.3 is 0 Å². The number of hydrogen-bond acceptors (Lipinski definition) is 4. The molecular weight excluding hydrogens is 486 g/mol. The summed E-state index contributed by atoms with van der Waals surface area (Å²) in [6, 6.07) is 11.8. The van der Waals surface area contributed by atoms with E-state index in [4.69, 9.17) is 11.6 Å². The number of unbranched alkanes of at least 4 members (excludes halogenated alkanes) is 1. The van der Waals surface area contributed by atoms with Crippen molar-refractivity contribution >= 4 is 39.1 Å². The first-order valence-corrected chi connectivity index (χ1v) is 14.1. The highest BCUT2D eigenvalue weighted by Gasteiger charge is 2.32. The van der Waals surface area contributed by atoms with E-state index in [1.807, 2.05) is 45.0 Å². The van der Waals surface area contributed by atoms with Crippen LogP contribution in [0.25, 0.3) is 0 Å². The Morgan fingerprint density at radius 1 is 1.06 bits per heavy atom. The predicted octanol–water partition coefficient (Wildman–Crippen LogP) is 4.45. The zero-order valence-corrected chi connectivity index (χ0v) is 22.7. The Labute approximate surface area is 214 Å². The Kier molecular flexibility index (Phi) is 10.6. The normalized spacial score (nSPS) is 12.2. The first-order valence-electron chi connectivity index (χ1n) is 11.8. The molecule has 0 radical (unpaired) electrons. The summed E-state index contributed by atoms with van der Waals surface area (Å²) in [5.41, 5.74) is 2.95. The average Bonchev–Trinajstić information content (AvgIpc) is 2.78. The van der Waals surface area contributed by atoms with Crippen molar-refractivity contribution in [2.45, 2.75) is 59.5 Å². The summed E-state index contributed by atoms with van der Waals surface area (Å²) in [7, 11) is -3.79. The van der Waals surface area contributed by atoms with E-state index in [2.05, 4.69) is 5.32 Å².